The van der Waals surface area contributed by atoms with Gasteiger partial charge in [-0.2, -0.15) is 0 Å². The van der Waals surface area contributed by atoms with Crippen molar-refractivity contribution in [3.63, 3.8) is 0 Å². The van der Waals surface area contributed by atoms with Crippen LogP contribution in [0.5, 0.6) is 0 Å². The second-order valence-corrected chi connectivity index (χ2v) is 9.37. The van der Waals surface area contributed by atoms with Gasteiger partial charge in [-0.25, -0.2) is 14.2 Å². The highest BCUT2D eigenvalue weighted by Gasteiger charge is 2.20. The number of fused-ring (bicyclic) bond motifs is 3. The van der Waals surface area contributed by atoms with E-state index in [1.807, 2.05) is 26.0 Å². The molecule has 5 rings (SSSR count). The van der Waals surface area contributed by atoms with Crippen molar-refractivity contribution in [1.29, 1.82) is 0 Å². The quantitative estimate of drug-likeness (QED) is 0.402. The van der Waals surface area contributed by atoms with Crippen molar-refractivity contribution >= 4 is 43.4 Å². The number of hydrogen-bond acceptors (Lipinski definition) is 5. The van der Waals surface area contributed by atoms with Gasteiger partial charge in [-0.3, -0.25) is 18.7 Å². The van der Waals surface area contributed by atoms with E-state index in [0.717, 1.165) is 15.7 Å². The minimum Gasteiger partial charge on any atom is -0.325 e. The summed E-state index contributed by atoms with van der Waals surface area (Å²) in [4.78, 5) is 44.8. The van der Waals surface area contributed by atoms with Crippen molar-refractivity contribution in [1.82, 2.24) is 14.1 Å². The number of nitrogens with zero attached hydrogens (tertiary/aromatic N) is 3. The Morgan fingerprint density at radius 3 is 2.54 bits per heavy atom. The maximum Gasteiger partial charge on any atom is 0.332 e. The average molecular weight is 489 g/mol. The van der Waals surface area contributed by atoms with Gasteiger partial charge in [0.1, 0.15) is 21.9 Å². The minimum absolute atomic E-state index is 0.0473. The van der Waals surface area contributed by atoms with Gasteiger partial charge in [0, 0.05) is 17.3 Å². The molecule has 5 aromatic rings. The number of aryl methyl sites for hydroxylation is 2. The summed E-state index contributed by atoms with van der Waals surface area (Å²) >= 11 is 1.18. The van der Waals surface area contributed by atoms with Gasteiger partial charge in [0.25, 0.3) is 5.56 Å². The first-order valence-electron chi connectivity index (χ1n) is 10.9. The Kier molecular flexibility index (Phi) is 5.78. The molecule has 0 unspecified atom stereocenters. The summed E-state index contributed by atoms with van der Waals surface area (Å²) in [7, 11) is 0. The number of carbonyl (C=O) groups excluding carboxylic acids is 1. The van der Waals surface area contributed by atoms with Crippen LogP contribution in [0.4, 0.5) is 10.1 Å². The Balaban J connectivity index is 1.63. The maximum absolute atomic E-state index is 13.6. The lowest BCUT2D eigenvalue weighted by Crippen LogP contribution is -2.41. The summed E-state index contributed by atoms with van der Waals surface area (Å²) in [5.41, 5.74) is 2.65. The number of rotatable bonds is 5. The summed E-state index contributed by atoms with van der Waals surface area (Å²) < 4.78 is 16.1. The molecule has 0 radical (unpaired) electrons. The number of hydrogen-bond donors (Lipinski definition) is 1. The molecule has 0 saturated heterocycles. The summed E-state index contributed by atoms with van der Waals surface area (Å²) in [5, 5.41) is 3.47. The molecule has 2 aromatic carbocycles. The van der Waals surface area contributed by atoms with Crippen LogP contribution in [0.3, 0.4) is 0 Å². The zero-order valence-electron chi connectivity index (χ0n) is 19.0. The average Bonchev–Trinajstić information content (AvgIpc) is 3.23. The molecule has 3 aromatic heterocycles. The van der Waals surface area contributed by atoms with Crippen LogP contribution >= 0.6 is 11.3 Å². The first kappa shape index (κ1) is 22.7. The molecular weight excluding hydrogens is 467 g/mol. The Labute approximate surface area is 203 Å². The van der Waals surface area contributed by atoms with E-state index >= 15 is 0 Å². The first-order chi connectivity index (χ1) is 16.8. The molecule has 0 aliphatic carbocycles. The van der Waals surface area contributed by atoms with Crippen LogP contribution in [-0.2, 0) is 17.9 Å². The lowest BCUT2D eigenvalue weighted by molar-refractivity contribution is -0.116. The largest absolute Gasteiger partial charge is 0.332 e. The summed E-state index contributed by atoms with van der Waals surface area (Å²) in [6.45, 7) is 3.60. The van der Waals surface area contributed by atoms with Crippen molar-refractivity contribution in [3.05, 3.63) is 104 Å². The van der Waals surface area contributed by atoms with Gasteiger partial charge in [-0.1, -0.05) is 18.2 Å². The number of thiophene rings is 1. The van der Waals surface area contributed by atoms with Crippen molar-refractivity contribution in [2.45, 2.75) is 26.9 Å². The standard InChI is InChI=1S/C26H21FN4O3S/c1-15-5-10-19(12-16(15)2)29-21(32)14-30-22-20-4-3-11-28-24(20)35-23(22)25(33)31(26(30)34)13-17-6-8-18(27)9-7-17/h3-12H,13-14H2,1-2H3,(H,29,32). The molecule has 176 valence electrons. The zero-order valence-corrected chi connectivity index (χ0v) is 19.9. The zero-order chi connectivity index (χ0) is 24.7. The van der Waals surface area contributed by atoms with Gasteiger partial charge in [-0.05, 0) is 66.9 Å². The summed E-state index contributed by atoms with van der Waals surface area (Å²) in [5.74, 6) is -0.806. The Morgan fingerprint density at radius 1 is 1.03 bits per heavy atom. The Hall–Kier alpha value is -4.11. The van der Waals surface area contributed by atoms with E-state index in [4.69, 9.17) is 0 Å². The molecular formula is C26H21FN4O3S. The van der Waals surface area contributed by atoms with Gasteiger partial charge in [0.05, 0.1) is 12.1 Å². The number of aromatic nitrogens is 3. The number of anilines is 1. The fraction of sp³-hybridized carbons (Fsp3) is 0.154. The van der Waals surface area contributed by atoms with Gasteiger partial charge in [0.15, 0.2) is 0 Å². The molecule has 1 N–H and O–H groups in total. The van der Waals surface area contributed by atoms with Crippen LogP contribution in [0.1, 0.15) is 16.7 Å². The Bertz CT molecular complexity index is 1720. The number of nitrogens with one attached hydrogen (secondary N) is 1. The van der Waals surface area contributed by atoms with Crippen molar-refractivity contribution < 1.29 is 9.18 Å². The maximum atomic E-state index is 13.6. The van der Waals surface area contributed by atoms with Crippen LogP contribution in [-0.4, -0.2) is 20.0 Å². The predicted octanol–water partition coefficient (Wildman–Crippen LogP) is 4.22. The van der Waals surface area contributed by atoms with Gasteiger partial charge >= 0.3 is 5.69 Å². The van der Waals surface area contributed by atoms with E-state index in [9.17, 15) is 18.8 Å². The molecule has 0 spiro atoms. The molecule has 9 heteroatoms. The van der Waals surface area contributed by atoms with Crippen molar-refractivity contribution in [2.24, 2.45) is 0 Å². The number of amides is 1. The highest BCUT2D eigenvalue weighted by atomic mass is 32.1. The molecule has 0 fully saturated rings. The highest BCUT2D eigenvalue weighted by Crippen LogP contribution is 2.29. The smallest absolute Gasteiger partial charge is 0.325 e. The number of carbonyl (C=O) groups is 1. The molecule has 0 aliphatic heterocycles. The second-order valence-electron chi connectivity index (χ2n) is 8.37. The molecule has 7 nitrogen and oxygen atoms in total. The number of pyridine rings is 1. The van der Waals surface area contributed by atoms with E-state index in [-0.39, 0.29) is 13.1 Å². The van der Waals surface area contributed by atoms with E-state index < -0.39 is 23.0 Å². The van der Waals surface area contributed by atoms with E-state index in [0.29, 0.717) is 31.7 Å². The van der Waals surface area contributed by atoms with Gasteiger partial charge in [-0.15, -0.1) is 11.3 Å². The minimum atomic E-state index is -0.620. The van der Waals surface area contributed by atoms with Crippen LogP contribution in [0.2, 0.25) is 0 Å². The van der Waals surface area contributed by atoms with Gasteiger partial charge in [0.2, 0.25) is 5.91 Å². The molecule has 0 aliphatic rings. The SMILES string of the molecule is Cc1ccc(NC(=O)Cn2c(=O)n(Cc3ccc(F)cc3)c(=O)c3sc4ncccc4c32)cc1C. The fourth-order valence-corrected chi connectivity index (χ4v) is 5.10. The second kappa shape index (κ2) is 8.92. The third-order valence-electron chi connectivity index (χ3n) is 5.96. The molecule has 35 heavy (non-hydrogen) atoms. The third kappa shape index (κ3) is 4.26. The fourth-order valence-electron chi connectivity index (χ4n) is 4.01. The van der Waals surface area contributed by atoms with Crippen LogP contribution in [0.25, 0.3) is 20.4 Å². The third-order valence-corrected chi connectivity index (χ3v) is 7.05. The summed E-state index contributed by atoms with van der Waals surface area (Å²) in [6.07, 6.45) is 1.61. The van der Waals surface area contributed by atoms with Crippen LogP contribution in [0.15, 0.2) is 70.4 Å². The topological polar surface area (TPSA) is 86.0 Å². The summed E-state index contributed by atoms with van der Waals surface area (Å²) in [6, 6.07) is 14.7. The number of benzene rings is 2. The number of halogens is 1. The van der Waals surface area contributed by atoms with Crippen LogP contribution in [0, 0.1) is 19.7 Å². The predicted molar refractivity (Wildman–Crippen MR) is 136 cm³/mol. The molecule has 0 bridgehead atoms. The molecule has 0 atom stereocenters. The van der Waals surface area contributed by atoms with Crippen LogP contribution < -0.4 is 16.6 Å². The van der Waals surface area contributed by atoms with Crippen molar-refractivity contribution in [3.8, 4) is 0 Å². The van der Waals surface area contributed by atoms with E-state index in [2.05, 4.69) is 10.3 Å². The molecule has 0 saturated carbocycles. The van der Waals surface area contributed by atoms with E-state index in [1.54, 1.807) is 24.4 Å². The lowest BCUT2D eigenvalue weighted by atomic mass is 10.1. The van der Waals surface area contributed by atoms with Crippen molar-refractivity contribution in [2.75, 3.05) is 5.32 Å². The highest BCUT2D eigenvalue weighted by molar-refractivity contribution is 7.25. The lowest BCUT2D eigenvalue weighted by Gasteiger charge is -2.13. The van der Waals surface area contributed by atoms with Gasteiger partial charge < -0.3 is 5.32 Å². The Morgan fingerprint density at radius 2 is 1.80 bits per heavy atom. The monoisotopic (exact) mass is 488 g/mol. The first-order valence-corrected chi connectivity index (χ1v) is 11.8. The van der Waals surface area contributed by atoms with E-state index in [1.165, 1.54) is 40.2 Å². The normalized spacial score (nSPS) is 11.3. The molecule has 1 amide bonds. The molecule has 3 heterocycles.